The molecule has 2 aromatic rings. The van der Waals surface area contributed by atoms with Gasteiger partial charge in [0, 0.05) is 11.6 Å². The highest BCUT2D eigenvalue weighted by Crippen LogP contribution is 2.28. The van der Waals surface area contributed by atoms with Gasteiger partial charge in [0.25, 0.3) is 5.91 Å². The van der Waals surface area contributed by atoms with Gasteiger partial charge in [-0.3, -0.25) is 4.79 Å². The maximum absolute atomic E-state index is 12.1. The Kier molecular flexibility index (Phi) is 8.09. The minimum absolute atomic E-state index is 0.0757. The second kappa shape index (κ2) is 11.0. The zero-order valence-electron chi connectivity index (χ0n) is 16.1. The standard InChI is InChI=1S/C19H24ClN3O6/c1-2-25-9-10-26-19-23-22-18(29-19)16-8-5-14(11-28-16)21-17(24)12-27-15-6-3-13(20)4-7-15/h3-4,6-7,14,16H,2,5,8-12H2,1H3,(H,21,24)/t14-,16+/m0/s1. The average Bonchev–Trinajstić information content (AvgIpc) is 3.20. The molecule has 0 unspecified atom stereocenters. The SMILES string of the molecule is CCOCCOc1nnc([C@H]2CC[C@H](NC(=O)COc3ccc(Cl)cc3)CO2)o1. The molecule has 158 valence electrons. The van der Waals surface area contributed by atoms with Gasteiger partial charge in [-0.2, -0.15) is 0 Å². The first-order chi connectivity index (χ1) is 14.1. The van der Waals surface area contributed by atoms with E-state index >= 15 is 0 Å². The number of carbonyl (C=O) groups excluding carboxylic acids is 1. The third-order valence-electron chi connectivity index (χ3n) is 4.18. The van der Waals surface area contributed by atoms with E-state index in [1.54, 1.807) is 24.3 Å². The lowest BCUT2D eigenvalue weighted by molar-refractivity contribution is -0.125. The van der Waals surface area contributed by atoms with E-state index in [0.717, 1.165) is 6.42 Å². The first kappa shape index (κ1) is 21.4. The molecule has 10 heteroatoms. The average molecular weight is 426 g/mol. The summed E-state index contributed by atoms with van der Waals surface area (Å²) in [6.45, 7) is 3.60. The lowest BCUT2D eigenvalue weighted by atomic mass is 10.1. The van der Waals surface area contributed by atoms with Crippen LogP contribution in [0.25, 0.3) is 0 Å². The number of carbonyl (C=O) groups is 1. The fourth-order valence-electron chi connectivity index (χ4n) is 2.75. The highest BCUT2D eigenvalue weighted by Gasteiger charge is 2.28. The van der Waals surface area contributed by atoms with Crippen molar-refractivity contribution in [3.05, 3.63) is 35.2 Å². The van der Waals surface area contributed by atoms with Crippen LogP contribution in [0.4, 0.5) is 0 Å². The second-order valence-corrected chi connectivity index (χ2v) is 6.79. The molecule has 0 aliphatic carbocycles. The lowest BCUT2D eigenvalue weighted by Gasteiger charge is -2.27. The molecular formula is C19H24ClN3O6. The van der Waals surface area contributed by atoms with Crippen LogP contribution in [0, 0.1) is 0 Å². The number of halogens is 1. The minimum Gasteiger partial charge on any atom is -0.484 e. The van der Waals surface area contributed by atoms with Gasteiger partial charge in [-0.05, 0) is 44.0 Å². The van der Waals surface area contributed by atoms with Crippen LogP contribution in [-0.2, 0) is 14.3 Å². The molecule has 0 saturated carbocycles. The summed E-state index contributed by atoms with van der Waals surface area (Å²) < 4.78 is 27.2. The Balaban J connectivity index is 1.36. The zero-order valence-corrected chi connectivity index (χ0v) is 16.9. The molecule has 2 atom stereocenters. The molecule has 29 heavy (non-hydrogen) atoms. The monoisotopic (exact) mass is 425 g/mol. The van der Waals surface area contributed by atoms with Crippen LogP contribution < -0.4 is 14.8 Å². The molecule has 9 nitrogen and oxygen atoms in total. The Morgan fingerprint density at radius 1 is 1.21 bits per heavy atom. The van der Waals surface area contributed by atoms with Gasteiger partial charge in [0.15, 0.2) is 6.61 Å². The molecule has 1 aliphatic rings. The van der Waals surface area contributed by atoms with Gasteiger partial charge in [-0.1, -0.05) is 16.7 Å². The van der Waals surface area contributed by atoms with Gasteiger partial charge in [-0.25, -0.2) is 0 Å². The number of ether oxygens (including phenoxy) is 4. The quantitative estimate of drug-likeness (QED) is 0.579. The second-order valence-electron chi connectivity index (χ2n) is 6.36. The zero-order chi connectivity index (χ0) is 20.5. The van der Waals surface area contributed by atoms with Crippen molar-refractivity contribution < 1.29 is 28.2 Å². The van der Waals surface area contributed by atoms with E-state index < -0.39 is 0 Å². The summed E-state index contributed by atoms with van der Waals surface area (Å²) in [6, 6.07) is 6.73. The smallest absolute Gasteiger partial charge is 0.414 e. The molecule has 1 aliphatic heterocycles. The Bertz CT molecular complexity index is 762. The minimum atomic E-state index is -0.315. The van der Waals surface area contributed by atoms with E-state index in [1.807, 2.05) is 6.92 Å². The summed E-state index contributed by atoms with van der Waals surface area (Å²) in [5, 5.41) is 11.3. The first-order valence-corrected chi connectivity index (χ1v) is 9.85. The van der Waals surface area contributed by atoms with Crippen molar-refractivity contribution in [1.29, 1.82) is 0 Å². The van der Waals surface area contributed by atoms with Crippen molar-refractivity contribution >= 4 is 17.5 Å². The van der Waals surface area contributed by atoms with Gasteiger partial charge in [0.05, 0.1) is 19.3 Å². The lowest BCUT2D eigenvalue weighted by Crippen LogP contribution is -2.43. The van der Waals surface area contributed by atoms with Crippen molar-refractivity contribution in [3.63, 3.8) is 0 Å². The van der Waals surface area contributed by atoms with Gasteiger partial charge < -0.3 is 28.7 Å². The maximum Gasteiger partial charge on any atom is 0.414 e. The molecule has 1 aromatic carbocycles. The molecule has 1 amide bonds. The van der Waals surface area contributed by atoms with E-state index in [2.05, 4.69) is 15.5 Å². The Hall–Kier alpha value is -2.36. The maximum atomic E-state index is 12.1. The van der Waals surface area contributed by atoms with Crippen LogP contribution in [0.3, 0.4) is 0 Å². The third kappa shape index (κ3) is 6.88. The summed E-state index contributed by atoms with van der Waals surface area (Å²) in [4.78, 5) is 12.1. The van der Waals surface area contributed by atoms with E-state index in [-0.39, 0.29) is 30.7 Å². The van der Waals surface area contributed by atoms with Crippen LogP contribution in [0.5, 0.6) is 11.8 Å². The highest BCUT2D eigenvalue weighted by molar-refractivity contribution is 6.30. The van der Waals surface area contributed by atoms with E-state index in [4.69, 9.17) is 35.0 Å². The van der Waals surface area contributed by atoms with Crippen molar-refractivity contribution in [2.75, 3.05) is 33.0 Å². The molecule has 2 heterocycles. The fraction of sp³-hybridized carbons (Fsp3) is 0.526. The predicted octanol–water partition coefficient (Wildman–Crippen LogP) is 2.55. The van der Waals surface area contributed by atoms with Gasteiger partial charge >= 0.3 is 6.08 Å². The predicted molar refractivity (Wildman–Crippen MR) is 103 cm³/mol. The summed E-state index contributed by atoms with van der Waals surface area (Å²) >= 11 is 5.82. The number of amides is 1. The summed E-state index contributed by atoms with van der Waals surface area (Å²) in [5.74, 6) is 0.738. The topological polar surface area (TPSA) is 105 Å². The Morgan fingerprint density at radius 2 is 2.03 bits per heavy atom. The van der Waals surface area contributed by atoms with Crippen molar-refractivity contribution in [2.45, 2.75) is 31.9 Å². The fourth-order valence-corrected chi connectivity index (χ4v) is 2.88. The molecule has 0 bridgehead atoms. The number of hydrogen-bond acceptors (Lipinski definition) is 8. The van der Waals surface area contributed by atoms with Crippen LogP contribution in [0.2, 0.25) is 5.02 Å². The van der Waals surface area contributed by atoms with Gasteiger partial charge in [0.1, 0.15) is 18.5 Å². The number of hydrogen-bond donors (Lipinski definition) is 1. The first-order valence-electron chi connectivity index (χ1n) is 9.47. The van der Waals surface area contributed by atoms with Gasteiger partial charge in [0.2, 0.25) is 5.89 Å². The molecule has 1 aromatic heterocycles. The number of nitrogens with zero attached hydrogens (tertiary/aromatic N) is 2. The van der Waals surface area contributed by atoms with Crippen molar-refractivity contribution in [2.24, 2.45) is 0 Å². The molecule has 0 radical (unpaired) electrons. The van der Waals surface area contributed by atoms with Gasteiger partial charge in [-0.15, -0.1) is 5.10 Å². The molecule has 3 rings (SSSR count). The largest absolute Gasteiger partial charge is 0.484 e. The van der Waals surface area contributed by atoms with E-state index in [9.17, 15) is 4.79 Å². The van der Waals surface area contributed by atoms with Crippen LogP contribution in [0.15, 0.2) is 28.7 Å². The molecule has 1 N–H and O–H groups in total. The van der Waals surface area contributed by atoms with E-state index in [1.165, 1.54) is 0 Å². The van der Waals surface area contributed by atoms with Crippen molar-refractivity contribution in [3.8, 4) is 11.8 Å². The number of nitrogens with one attached hydrogen (secondary N) is 1. The number of aromatic nitrogens is 2. The Labute approximate surface area is 173 Å². The third-order valence-corrected chi connectivity index (χ3v) is 4.43. The number of rotatable bonds is 10. The molecular weight excluding hydrogens is 402 g/mol. The summed E-state index contributed by atoms with van der Waals surface area (Å²) in [7, 11) is 0. The van der Waals surface area contributed by atoms with Crippen LogP contribution in [0.1, 0.15) is 31.8 Å². The summed E-state index contributed by atoms with van der Waals surface area (Å²) in [6.07, 6.45) is 1.15. The molecule has 1 fully saturated rings. The molecule has 1 saturated heterocycles. The Morgan fingerprint density at radius 3 is 2.76 bits per heavy atom. The van der Waals surface area contributed by atoms with E-state index in [0.29, 0.717) is 49.5 Å². The number of benzene rings is 1. The van der Waals surface area contributed by atoms with Crippen molar-refractivity contribution in [1.82, 2.24) is 15.5 Å². The highest BCUT2D eigenvalue weighted by atomic mass is 35.5. The van der Waals surface area contributed by atoms with Crippen LogP contribution >= 0.6 is 11.6 Å². The molecule has 0 spiro atoms. The summed E-state index contributed by atoms with van der Waals surface area (Å²) in [5.41, 5.74) is 0. The normalized spacial score (nSPS) is 19.0. The van der Waals surface area contributed by atoms with Crippen LogP contribution in [-0.4, -0.2) is 55.2 Å².